The van der Waals surface area contributed by atoms with E-state index in [1.807, 2.05) is 25.9 Å². The number of benzene rings is 2. The van der Waals surface area contributed by atoms with E-state index in [1.165, 1.54) is 4.90 Å². The van der Waals surface area contributed by atoms with Crippen molar-refractivity contribution < 1.29 is 19.4 Å². The smallest absolute Gasteiger partial charge is 0.295 e. The number of likely N-dealkylation sites (N-methyl/N-ethyl adjacent to an activating group) is 1. The van der Waals surface area contributed by atoms with Gasteiger partial charge < -0.3 is 19.6 Å². The molecule has 1 fully saturated rings. The minimum Gasteiger partial charge on any atom is -0.507 e. The van der Waals surface area contributed by atoms with Gasteiger partial charge in [0, 0.05) is 23.7 Å². The van der Waals surface area contributed by atoms with Gasteiger partial charge in [-0.1, -0.05) is 42.8 Å². The number of aliphatic hydroxyl groups is 1. The summed E-state index contributed by atoms with van der Waals surface area (Å²) in [6.45, 7) is 3.46. The Morgan fingerprint density at radius 1 is 1.16 bits per heavy atom. The molecule has 0 spiro atoms. The van der Waals surface area contributed by atoms with Gasteiger partial charge in [-0.05, 0) is 50.3 Å². The lowest BCUT2D eigenvalue weighted by Gasteiger charge is -2.26. The van der Waals surface area contributed by atoms with E-state index in [-0.39, 0.29) is 11.3 Å². The highest BCUT2D eigenvalue weighted by molar-refractivity contribution is 6.46. The fourth-order valence-corrected chi connectivity index (χ4v) is 3.75. The number of hydrogen-bond donors (Lipinski definition) is 1. The number of rotatable bonds is 8. The topological polar surface area (TPSA) is 70.1 Å². The Labute approximate surface area is 187 Å². The summed E-state index contributed by atoms with van der Waals surface area (Å²) in [6, 6.07) is 13.2. The van der Waals surface area contributed by atoms with Crippen molar-refractivity contribution in [3.05, 3.63) is 70.3 Å². The first-order chi connectivity index (χ1) is 14.8. The first-order valence-electron chi connectivity index (χ1n) is 10.2. The maximum atomic E-state index is 13.0. The third-order valence-electron chi connectivity index (χ3n) is 5.07. The Hall–Kier alpha value is -2.83. The first-order valence-corrected chi connectivity index (χ1v) is 10.6. The van der Waals surface area contributed by atoms with Gasteiger partial charge >= 0.3 is 0 Å². The molecule has 164 valence electrons. The Bertz CT molecular complexity index is 1000. The van der Waals surface area contributed by atoms with E-state index in [1.54, 1.807) is 48.5 Å². The molecule has 0 aromatic heterocycles. The van der Waals surface area contributed by atoms with Gasteiger partial charge in [0.05, 0.1) is 18.2 Å². The van der Waals surface area contributed by atoms with Crippen molar-refractivity contribution in [2.24, 2.45) is 0 Å². The third kappa shape index (κ3) is 5.09. The normalized spacial score (nSPS) is 18.1. The standard InChI is InChI=1S/C24H27ClN2O4/c1-4-13-31-19-10-6-8-17(15-19)22(28)20-21(16-7-5-9-18(25)14-16)27(12-11-26(2)3)24(30)23(20)29/h5-10,14-15,21,28H,4,11-13H2,1-3H3/b22-20+. The minimum atomic E-state index is -0.723. The number of ether oxygens (including phenoxy) is 1. The molecule has 2 aromatic rings. The summed E-state index contributed by atoms with van der Waals surface area (Å²) in [4.78, 5) is 29.3. The molecule has 1 saturated heterocycles. The van der Waals surface area contributed by atoms with Gasteiger partial charge in [-0.25, -0.2) is 0 Å². The van der Waals surface area contributed by atoms with Crippen LogP contribution in [0, 0.1) is 0 Å². The van der Waals surface area contributed by atoms with Crippen LogP contribution < -0.4 is 4.74 Å². The zero-order chi connectivity index (χ0) is 22.5. The summed E-state index contributed by atoms with van der Waals surface area (Å²) in [7, 11) is 3.79. The van der Waals surface area contributed by atoms with Crippen LogP contribution >= 0.6 is 11.6 Å². The van der Waals surface area contributed by atoms with Crippen LogP contribution in [0.2, 0.25) is 5.02 Å². The van der Waals surface area contributed by atoms with Crippen molar-refractivity contribution in [3.8, 4) is 5.75 Å². The van der Waals surface area contributed by atoms with Gasteiger partial charge in [-0.3, -0.25) is 9.59 Å². The highest BCUT2D eigenvalue weighted by atomic mass is 35.5. The molecule has 6 nitrogen and oxygen atoms in total. The van der Waals surface area contributed by atoms with Gasteiger partial charge in [0.15, 0.2) is 0 Å². The zero-order valence-electron chi connectivity index (χ0n) is 18.0. The number of aliphatic hydroxyl groups excluding tert-OH is 1. The summed E-state index contributed by atoms with van der Waals surface area (Å²) in [5.74, 6) is -0.974. The molecule has 31 heavy (non-hydrogen) atoms. The van der Waals surface area contributed by atoms with E-state index in [2.05, 4.69) is 0 Å². The maximum absolute atomic E-state index is 13.0. The van der Waals surface area contributed by atoms with Crippen molar-refractivity contribution in [2.45, 2.75) is 19.4 Å². The van der Waals surface area contributed by atoms with Crippen molar-refractivity contribution >= 4 is 29.1 Å². The molecule has 1 unspecified atom stereocenters. The van der Waals surface area contributed by atoms with Crippen molar-refractivity contribution in [3.63, 3.8) is 0 Å². The minimum absolute atomic E-state index is 0.0543. The van der Waals surface area contributed by atoms with E-state index >= 15 is 0 Å². The highest BCUT2D eigenvalue weighted by Gasteiger charge is 2.45. The molecule has 1 aliphatic rings. The van der Waals surface area contributed by atoms with Gasteiger partial charge in [0.25, 0.3) is 11.7 Å². The molecule has 1 N–H and O–H groups in total. The summed E-state index contributed by atoms with van der Waals surface area (Å²) in [6.07, 6.45) is 0.849. The molecule has 2 aromatic carbocycles. The fourth-order valence-electron chi connectivity index (χ4n) is 3.55. The van der Waals surface area contributed by atoms with Crippen LogP contribution in [-0.2, 0) is 9.59 Å². The van der Waals surface area contributed by atoms with Crippen molar-refractivity contribution in [1.29, 1.82) is 0 Å². The lowest BCUT2D eigenvalue weighted by Crippen LogP contribution is -2.35. The SMILES string of the molecule is CCCOc1cccc(/C(O)=C2\C(=O)C(=O)N(CCN(C)C)C2c2cccc(Cl)c2)c1. The number of hydrogen-bond acceptors (Lipinski definition) is 5. The molecule has 1 heterocycles. The van der Waals surface area contributed by atoms with E-state index in [0.717, 1.165) is 6.42 Å². The Kier molecular flexibility index (Phi) is 7.36. The number of ketones is 1. The molecule has 7 heteroatoms. The van der Waals surface area contributed by atoms with Gasteiger partial charge in [0.1, 0.15) is 11.5 Å². The molecule has 3 rings (SSSR count). The largest absolute Gasteiger partial charge is 0.507 e. The summed E-state index contributed by atoms with van der Waals surface area (Å²) in [5, 5.41) is 11.6. The average molecular weight is 443 g/mol. The monoisotopic (exact) mass is 442 g/mol. The van der Waals surface area contributed by atoms with Crippen LogP contribution in [0.3, 0.4) is 0 Å². The van der Waals surface area contributed by atoms with Gasteiger partial charge in [-0.2, -0.15) is 0 Å². The van der Waals surface area contributed by atoms with Crippen molar-refractivity contribution in [2.75, 3.05) is 33.8 Å². The molecule has 1 atom stereocenters. The first kappa shape index (κ1) is 22.8. The second-order valence-electron chi connectivity index (χ2n) is 7.73. The van der Waals surface area contributed by atoms with Crippen LogP contribution in [0.4, 0.5) is 0 Å². The number of Topliss-reactive ketones (excluding diaryl/α,β-unsaturated/α-hetero) is 1. The number of likely N-dealkylation sites (tertiary alicyclic amines) is 1. The molecule has 0 radical (unpaired) electrons. The lowest BCUT2D eigenvalue weighted by molar-refractivity contribution is -0.140. The molecule has 1 amide bonds. The maximum Gasteiger partial charge on any atom is 0.295 e. The number of halogens is 1. The second-order valence-corrected chi connectivity index (χ2v) is 8.16. The summed E-state index contributed by atoms with van der Waals surface area (Å²) >= 11 is 6.19. The third-order valence-corrected chi connectivity index (χ3v) is 5.31. The predicted octanol–water partition coefficient (Wildman–Crippen LogP) is 4.11. The Balaban J connectivity index is 2.10. The second kappa shape index (κ2) is 9.98. The Morgan fingerprint density at radius 2 is 1.90 bits per heavy atom. The Morgan fingerprint density at radius 3 is 2.58 bits per heavy atom. The van der Waals surface area contributed by atoms with Gasteiger partial charge in [-0.15, -0.1) is 0 Å². The summed E-state index contributed by atoms with van der Waals surface area (Å²) < 4.78 is 5.65. The number of amides is 1. The van der Waals surface area contributed by atoms with E-state index in [9.17, 15) is 14.7 Å². The quantitative estimate of drug-likeness (QED) is 0.378. The van der Waals surface area contributed by atoms with E-state index in [4.69, 9.17) is 16.3 Å². The molecule has 1 aliphatic heterocycles. The number of carbonyl (C=O) groups is 2. The molecular weight excluding hydrogens is 416 g/mol. The van der Waals surface area contributed by atoms with Crippen LogP contribution in [0.5, 0.6) is 5.75 Å². The van der Waals surface area contributed by atoms with Crippen LogP contribution in [0.25, 0.3) is 5.76 Å². The molecule has 0 saturated carbocycles. The zero-order valence-corrected chi connectivity index (χ0v) is 18.7. The predicted molar refractivity (Wildman–Crippen MR) is 121 cm³/mol. The van der Waals surface area contributed by atoms with Crippen LogP contribution in [-0.4, -0.2) is 60.4 Å². The van der Waals surface area contributed by atoms with E-state index < -0.39 is 17.7 Å². The van der Waals surface area contributed by atoms with E-state index in [0.29, 0.717) is 41.6 Å². The fraction of sp³-hybridized carbons (Fsp3) is 0.333. The van der Waals surface area contributed by atoms with Crippen LogP contribution in [0.15, 0.2) is 54.1 Å². The lowest BCUT2D eigenvalue weighted by atomic mass is 9.95. The molecular formula is C24H27ClN2O4. The number of nitrogens with zero attached hydrogens (tertiary/aromatic N) is 2. The average Bonchev–Trinajstić information content (AvgIpc) is 3.00. The molecule has 0 aliphatic carbocycles. The molecule has 0 bridgehead atoms. The van der Waals surface area contributed by atoms with Crippen molar-refractivity contribution in [1.82, 2.24) is 9.80 Å². The van der Waals surface area contributed by atoms with Crippen LogP contribution in [0.1, 0.15) is 30.5 Å². The van der Waals surface area contributed by atoms with Gasteiger partial charge in [0.2, 0.25) is 0 Å². The highest BCUT2D eigenvalue weighted by Crippen LogP contribution is 2.40. The summed E-state index contributed by atoms with van der Waals surface area (Å²) in [5.41, 5.74) is 1.15. The number of carbonyl (C=O) groups excluding carboxylic acids is 2.